The molecule has 1 fully saturated rings. The van der Waals surface area contributed by atoms with Crippen molar-refractivity contribution in [3.63, 3.8) is 0 Å². The third-order valence-corrected chi connectivity index (χ3v) is 5.99. The van der Waals surface area contributed by atoms with Gasteiger partial charge in [-0.2, -0.15) is 0 Å². The molecule has 1 aromatic carbocycles. The first-order valence-electron chi connectivity index (χ1n) is 9.31. The number of carbonyl (C=O) groups is 1. The molecule has 0 aliphatic carbocycles. The van der Waals surface area contributed by atoms with E-state index in [9.17, 15) is 9.90 Å². The summed E-state index contributed by atoms with van der Waals surface area (Å²) in [7, 11) is -0.393. The van der Waals surface area contributed by atoms with Gasteiger partial charge in [0.2, 0.25) is 0 Å². The number of benzene rings is 1. The molecule has 2 heterocycles. The zero-order valence-corrected chi connectivity index (χ0v) is 16.9. The topological polar surface area (TPSA) is 59.0 Å². The molecule has 2 aliphatic heterocycles. The Morgan fingerprint density at radius 1 is 1.19 bits per heavy atom. The molecule has 3 rings (SSSR count). The normalized spacial score (nSPS) is 24.5. The van der Waals surface area contributed by atoms with E-state index in [-0.39, 0.29) is 22.7 Å². The van der Waals surface area contributed by atoms with Crippen LogP contribution in [0.4, 0.5) is 4.79 Å². The highest BCUT2D eigenvalue weighted by Gasteiger charge is 2.52. The van der Waals surface area contributed by atoms with Gasteiger partial charge in [-0.25, -0.2) is 4.79 Å². The Morgan fingerprint density at radius 3 is 2.27 bits per heavy atom. The number of amides is 1. The predicted octanol–water partition coefficient (Wildman–Crippen LogP) is 3.61. The summed E-state index contributed by atoms with van der Waals surface area (Å²) in [5.41, 5.74) is 2.35. The third kappa shape index (κ3) is 3.14. The van der Waals surface area contributed by atoms with Gasteiger partial charge >= 0.3 is 13.2 Å². The average molecular weight is 359 g/mol. The molecule has 0 saturated carbocycles. The van der Waals surface area contributed by atoms with E-state index in [2.05, 4.69) is 32.9 Å². The molecule has 0 radical (unpaired) electrons. The fraction of sp³-hybridized carbons (Fsp3) is 0.650. The lowest BCUT2D eigenvalue weighted by Gasteiger charge is -2.43. The molecule has 1 atom stereocenters. The molecule has 1 aromatic rings. The van der Waals surface area contributed by atoms with Crippen molar-refractivity contribution in [2.24, 2.45) is 5.41 Å². The second kappa shape index (κ2) is 5.99. The zero-order chi connectivity index (χ0) is 19.5. The fourth-order valence-electron chi connectivity index (χ4n) is 3.91. The third-order valence-electron chi connectivity index (χ3n) is 5.99. The summed E-state index contributed by atoms with van der Waals surface area (Å²) in [6.07, 6.45) is -0.146. The van der Waals surface area contributed by atoms with Crippen LogP contribution < -0.4 is 5.46 Å². The van der Waals surface area contributed by atoms with Crippen LogP contribution in [0.1, 0.15) is 65.6 Å². The number of fused-ring (bicyclic) bond motifs is 1. The van der Waals surface area contributed by atoms with E-state index < -0.39 is 13.2 Å². The Morgan fingerprint density at radius 2 is 1.77 bits per heavy atom. The van der Waals surface area contributed by atoms with Crippen molar-refractivity contribution in [2.45, 2.75) is 72.1 Å². The number of rotatable bonds is 1. The van der Waals surface area contributed by atoms with Crippen LogP contribution in [0.15, 0.2) is 18.2 Å². The highest BCUT2D eigenvalue weighted by Crippen LogP contribution is 2.42. The second-order valence-electron chi connectivity index (χ2n) is 9.54. The van der Waals surface area contributed by atoms with Crippen LogP contribution in [0.25, 0.3) is 0 Å². The van der Waals surface area contributed by atoms with E-state index in [0.717, 1.165) is 11.0 Å². The molecule has 142 valence electrons. The predicted molar refractivity (Wildman–Crippen MR) is 103 cm³/mol. The van der Waals surface area contributed by atoms with Gasteiger partial charge in [-0.1, -0.05) is 39.0 Å². The quantitative estimate of drug-likeness (QED) is 0.779. The van der Waals surface area contributed by atoms with Crippen molar-refractivity contribution in [1.29, 1.82) is 0 Å². The summed E-state index contributed by atoms with van der Waals surface area (Å²) in [5, 5.41) is 9.63. The second-order valence-corrected chi connectivity index (χ2v) is 9.54. The Bertz CT molecular complexity index is 707. The van der Waals surface area contributed by atoms with Crippen LogP contribution in [0.3, 0.4) is 0 Å². The summed E-state index contributed by atoms with van der Waals surface area (Å²) in [5.74, 6) is 0. The average Bonchev–Trinajstić information content (AvgIpc) is 2.72. The van der Waals surface area contributed by atoms with Gasteiger partial charge in [0.15, 0.2) is 0 Å². The smallest absolute Gasteiger partial charge is 0.465 e. The van der Waals surface area contributed by atoms with Crippen LogP contribution in [-0.2, 0) is 15.7 Å². The van der Waals surface area contributed by atoms with Crippen molar-refractivity contribution < 1.29 is 19.2 Å². The van der Waals surface area contributed by atoms with Gasteiger partial charge in [0.05, 0.1) is 17.2 Å². The summed E-state index contributed by atoms with van der Waals surface area (Å²) < 4.78 is 12.3. The van der Waals surface area contributed by atoms with Crippen molar-refractivity contribution >= 4 is 18.7 Å². The first-order chi connectivity index (χ1) is 11.8. The van der Waals surface area contributed by atoms with Gasteiger partial charge in [-0.3, -0.25) is 0 Å². The molecule has 0 bridgehead atoms. The Hall–Kier alpha value is -1.53. The Kier molecular flexibility index (Phi) is 4.44. The maximum atomic E-state index is 11.7. The SMILES string of the molecule is CC(C)(C)C1c2ccc(B3OC(C)(C)C(C)(C)O3)cc2CCN1C(=O)O. The Balaban J connectivity index is 1.96. The minimum Gasteiger partial charge on any atom is -0.465 e. The highest BCUT2D eigenvalue weighted by atomic mass is 16.7. The lowest BCUT2D eigenvalue weighted by Crippen LogP contribution is -2.45. The number of hydrogen-bond acceptors (Lipinski definition) is 3. The molecule has 1 saturated heterocycles. The van der Waals surface area contributed by atoms with Gasteiger partial charge in [0.1, 0.15) is 0 Å². The van der Waals surface area contributed by atoms with Gasteiger partial charge in [0, 0.05) is 6.54 Å². The van der Waals surface area contributed by atoms with Crippen LogP contribution in [0.2, 0.25) is 0 Å². The number of nitrogens with zero attached hydrogens (tertiary/aromatic N) is 1. The maximum absolute atomic E-state index is 11.7. The van der Waals surface area contributed by atoms with Crippen molar-refractivity contribution in [2.75, 3.05) is 6.54 Å². The summed E-state index contributed by atoms with van der Waals surface area (Å²) >= 11 is 0. The summed E-state index contributed by atoms with van der Waals surface area (Å²) in [4.78, 5) is 13.3. The van der Waals surface area contributed by atoms with E-state index in [0.29, 0.717) is 13.0 Å². The van der Waals surface area contributed by atoms with Crippen molar-refractivity contribution in [3.8, 4) is 0 Å². The maximum Gasteiger partial charge on any atom is 0.494 e. The Labute approximate surface area is 156 Å². The molecule has 2 aliphatic rings. The minimum atomic E-state index is -0.856. The van der Waals surface area contributed by atoms with Crippen LogP contribution in [0.5, 0.6) is 0 Å². The number of hydrogen-bond donors (Lipinski definition) is 1. The number of carboxylic acid groups (broad SMARTS) is 1. The van der Waals surface area contributed by atoms with E-state index >= 15 is 0 Å². The van der Waals surface area contributed by atoms with E-state index in [4.69, 9.17) is 9.31 Å². The lowest BCUT2D eigenvalue weighted by molar-refractivity contribution is 0.00578. The molecule has 0 aromatic heterocycles. The molecule has 1 unspecified atom stereocenters. The highest BCUT2D eigenvalue weighted by molar-refractivity contribution is 6.62. The molecule has 0 spiro atoms. The largest absolute Gasteiger partial charge is 0.494 e. The molecule has 5 nitrogen and oxygen atoms in total. The van der Waals surface area contributed by atoms with E-state index in [1.807, 2.05) is 33.8 Å². The monoisotopic (exact) mass is 359 g/mol. The van der Waals surface area contributed by atoms with Crippen molar-refractivity contribution in [1.82, 2.24) is 4.90 Å². The van der Waals surface area contributed by atoms with Gasteiger partial charge in [0.25, 0.3) is 0 Å². The first kappa shape index (κ1) is 19.2. The van der Waals surface area contributed by atoms with Gasteiger partial charge < -0.3 is 19.3 Å². The van der Waals surface area contributed by atoms with E-state index in [1.165, 1.54) is 5.56 Å². The van der Waals surface area contributed by atoms with Crippen LogP contribution in [0, 0.1) is 5.41 Å². The van der Waals surface area contributed by atoms with Crippen molar-refractivity contribution in [3.05, 3.63) is 29.3 Å². The van der Waals surface area contributed by atoms with Crippen LogP contribution >= 0.6 is 0 Å². The first-order valence-corrected chi connectivity index (χ1v) is 9.31. The standard InChI is InChI=1S/C20H30BNO4/c1-18(2,3)16-15-9-8-14(12-13(15)10-11-22(16)17(23)24)21-25-19(4,5)20(6,7)26-21/h8-9,12,16H,10-11H2,1-7H3,(H,23,24). The summed E-state index contributed by atoms with van der Waals surface area (Å²) in [6.45, 7) is 15.0. The summed E-state index contributed by atoms with van der Waals surface area (Å²) in [6, 6.07) is 6.05. The molecule has 26 heavy (non-hydrogen) atoms. The zero-order valence-electron chi connectivity index (χ0n) is 16.9. The lowest BCUT2D eigenvalue weighted by atomic mass is 9.73. The van der Waals surface area contributed by atoms with Gasteiger partial charge in [-0.15, -0.1) is 0 Å². The minimum absolute atomic E-state index is 0.156. The molecule has 1 N–H and O–H groups in total. The molecular formula is C20H30BNO4. The molecular weight excluding hydrogens is 329 g/mol. The van der Waals surface area contributed by atoms with Crippen LogP contribution in [-0.4, -0.2) is 41.0 Å². The molecule has 6 heteroatoms. The van der Waals surface area contributed by atoms with Gasteiger partial charge in [-0.05, 0) is 56.1 Å². The molecule has 1 amide bonds. The fourth-order valence-corrected chi connectivity index (χ4v) is 3.91. The van der Waals surface area contributed by atoms with E-state index in [1.54, 1.807) is 4.90 Å².